The first-order chi connectivity index (χ1) is 9.36. The summed E-state index contributed by atoms with van der Waals surface area (Å²) in [5.41, 5.74) is 5.19. The minimum atomic E-state index is -0.0896. The van der Waals surface area contributed by atoms with Crippen molar-refractivity contribution in [1.29, 1.82) is 0 Å². The molecule has 0 aromatic heterocycles. The SMILES string of the molecule is C=N/C(=C\C(=O)N(C)C)c1cc(C)c(C)c(C)c1.CC. The average molecular weight is 274 g/mol. The van der Waals surface area contributed by atoms with Crippen LogP contribution in [0, 0.1) is 20.8 Å². The Hall–Kier alpha value is -1.90. The van der Waals surface area contributed by atoms with E-state index in [2.05, 4.69) is 32.5 Å². The zero-order chi connectivity index (χ0) is 15.9. The van der Waals surface area contributed by atoms with Crippen LogP contribution in [0.4, 0.5) is 0 Å². The fourth-order valence-corrected chi connectivity index (χ4v) is 1.65. The van der Waals surface area contributed by atoms with Gasteiger partial charge in [-0.05, 0) is 56.3 Å². The lowest BCUT2D eigenvalue weighted by Crippen LogP contribution is -2.19. The summed E-state index contributed by atoms with van der Waals surface area (Å²) in [7, 11) is 3.43. The standard InChI is InChI=1S/C15H20N2O.C2H6/c1-10-7-13(8-11(2)12(10)3)14(16-4)9-15(18)17(5)6;1-2/h7-9H,4H2,1-3,5-6H3;1-2H3/b14-9-;. The third-order valence-electron chi connectivity index (χ3n) is 3.09. The van der Waals surface area contributed by atoms with E-state index in [4.69, 9.17) is 0 Å². The van der Waals surface area contributed by atoms with Crippen LogP contribution in [0.3, 0.4) is 0 Å². The van der Waals surface area contributed by atoms with Gasteiger partial charge >= 0.3 is 0 Å². The van der Waals surface area contributed by atoms with E-state index in [-0.39, 0.29) is 5.91 Å². The molecule has 20 heavy (non-hydrogen) atoms. The minimum absolute atomic E-state index is 0.0896. The zero-order valence-electron chi connectivity index (χ0n) is 13.7. The van der Waals surface area contributed by atoms with Crippen molar-refractivity contribution >= 4 is 18.3 Å². The monoisotopic (exact) mass is 274 g/mol. The Morgan fingerprint density at radius 2 is 1.60 bits per heavy atom. The largest absolute Gasteiger partial charge is 0.345 e. The lowest BCUT2D eigenvalue weighted by molar-refractivity contribution is -0.123. The van der Waals surface area contributed by atoms with Crippen LogP contribution in [0.1, 0.15) is 36.1 Å². The van der Waals surface area contributed by atoms with Crippen molar-refractivity contribution in [3.63, 3.8) is 0 Å². The predicted molar refractivity (Wildman–Crippen MR) is 88.2 cm³/mol. The smallest absolute Gasteiger partial charge is 0.248 e. The van der Waals surface area contributed by atoms with E-state index in [0.717, 1.165) is 5.56 Å². The predicted octanol–water partition coefficient (Wildman–Crippen LogP) is 3.77. The van der Waals surface area contributed by atoms with Gasteiger partial charge in [-0.15, -0.1) is 0 Å². The highest BCUT2D eigenvalue weighted by Gasteiger charge is 2.07. The summed E-state index contributed by atoms with van der Waals surface area (Å²) in [6.07, 6.45) is 1.51. The second-order valence-corrected chi connectivity index (χ2v) is 4.66. The number of hydrogen-bond acceptors (Lipinski definition) is 2. The zero-order valence-corrected chi connectivity index (χ0v) is 13.7. The average Bonchev–Trinajstić information content (AvgIpc) is 2.43. The summed E-state index contributed by atoms with van der Waals surface area (Å²) in [6, 6.07) is 4.07. The van der Waals surface area contributed by atoms with Crippen molar-refractivity contribution in [3.8, 4) is 0 Å². The lowest BCUT2D eigenvalue weighted by Gasteiger charge is -2.11. The molecular weight excluding hydrogens is 248 g/mol. The Labute approximate surface area is 123 Å². The van der Waals surface area contributed by atoms with Crippen molar-refractivity contribution in [2.75, 3.05) is 14.1 Å². The molecule has 1 amide bonds. The maximum atomic E-state index is 11.7. The number of likely N-dealkylation sites (N-methyl/N-ethyl adjacent to an activating group) is 1. The first kappa shape index (κ1) is 18.1. The van der Waals surface area contributed by atoms with Gasteiger partial charge in [-0.1, -0.05) is 13.8 Å². The van der Waals surface area contributed by atoms with E-state index in [1.165, 1.54) is 27.7 Å². The first-order valence-corrected chi connectivity index (χ1v) is 6.84. The van der Waals surface area contributed by atoms with E-state index >= 15 is 0 Å². The van der Waals surface area contributed by atoms with E-state index < -0.39 is 0 Å². The van der Waals surface area contributed by atoms with E-state index in [1.54, 1.807) is 14.1 Å². The van der Waals surface area contributed by atoms with Crippen molar-refractivity contribution in [2.24, 2.45) is 4.99 Å². The van der Waals surface area contributed by atoms with Gasteiger partial charge in [0.25, 0.3) is 0 Å². The molecule has 0 bridgehead atoms. The third kappa shape index (κ3) is 4.65. The molecule has 0 saturated heterocycles. The molecule has 0 aliphatic carbocycles. The number of hydrogen-bond donors (Lipinski definition) is 0. The molecule has 0 spiro atoms. The molecule has 3 heteroatoms. The molecule has 0 radical (unpaired) electrons. The minimum Gasteiger partial charge on any atom is -0.345 e. The highest BCUT2D eigenvalue weighted by Crippen LogP contribution is 2.22. The van der Waals surface area contributed by atoms with Crippen LogP contribution in [0.2, 0.25) is 0 Å². The maximum Gasteiger partial charge on any atom is 0.248 e. The van der Waals surface area contributed by atoms with Crippen LogP contribution < -0.4 is 0 Å². The highest BCUT2D eigenvalue weighted by molar-refractivity contribution is 5.95. The molecule has 1 aromatic carbocycles. The number of carbonyl (C=O) groups excluding carboxylic acids is 1. The number of aryl methyl sites for hydroxylation is 2. The maximum absolute atomic E-state index is 11.7. The Bertz CT molecular complexity index is 491. The molecule has 0 aliphatic rings. The van der Waals surface area contributed by atoms with Gasteiger partial charge < -0.3 is 4.90 Å². The van der Waals surface area contributed by atoms with Gasteiger partial charge in [0, 0.05) is 25.7 Å². The molecule has 0 aliphatic heterocycles. The number of nitrogens with zero attached hydrogens (tertiary/aromatic N) is 2. The number of rotatable bonds is 3. The summed E-state index contributed by atoms with van der Waals surface area (Å²) in [4.78, 5) is 17.2. The van der Waals surface area contributed by atoms with Crippen LogP contribution >= 0.6 is 0 Å². The second-order valence-electron chi connectivity index (χ2n) is 4.66. The van der Waals surface area contributed by atoms with E-state index in [1.807, 2.05) is 26.0 Å². The molecule has 1 aromatic rings. The molecule has 0 N–H and O–H groups in total. The first-order valence-electron chi connectivity index (χ1n) is 6.84. The summed E-state index contributed by atoms with van der Waals surface area (Å²) < 4.78 is 0. The topological polar surface area (TPSA) is 32.7 Å². The fraction of sp³-hybridized carbons (Fsp3) is 0.412. The normalized spacial score (nSPS) is 10.4. The van der Waals surface area contributed by atoms with Crippen molar-refractivity contribution < 1.29 is 4.79 Å². The molecule has 0 atom stereocenters. The van der Waals surface area contributed by atoms with Crippen molar-refractivity contribution in [1.82, 2.24) is 4.90 Å². The molecule has 3 nitrogen and oxygen atoms in total. The Kier molecular flexibility index (Phi) is 7.52. The van der Waals surface area contributed by atoms with Crippen LogP contribution in [0.5, 0.6) is 0 Å². The van der Waals surface area contributed by atoms with Crippen LogP contribution in [0.15, 0.2) is 23.2 Å². The van der Waals surface area contributed by atoms with E-state index in [9.17, 15) is 4.79 Å². The summed E-state index contributed by atoms with van der Waals surface area (Å²) in [6.45, 7) is 13.7. The number of benzene rings is 1. The highest BCUT2D eigenvalue weighted by atomic mass is 16.2. The number of carbonyl (C=O) groups is 1. The van der Waals surface area contributed by atoms with Crippen molar-refractivity contribution in [2.45, 2.75) is 34.6 Å². The van der Waals surface area contributed by atoms with Crippen molar-refractivity contribution in [3.05, 3.63) is 40.5 Å². The third-order valence-corrected chi connectivity index (χ3v) is 3.09. The molecular formula is C17H26N2O. The fourth-order valence-electron chi connectivity index (χ4n) is 1.65. The summed E-state index contributed by atoms with van der Waals surface area (Å²) in [5, 5.41) is 0. The van der Waals surface area contributed by atoms with Gasteiger partial charge in [0.05, 0.1) is 5.70 Å². The Balaban J connectivity index is 0.00000172. The molecule has 1 rings (SSSR count). The van der Waals surface area contributed by atoms with Gasteiger partial charge in [0.1, 0.15) is 0 Å². The van der Waals surface area contributed by atoms with Crippen LogP contribution in [-0.4, -0.2) is 31.6 Å². The quantitative estimate of drug-likeness (QED) is 0.610. The molecule has 110 valence electrons. The summed E-state index contributed by atoms with van der Waals surface area (Å²) in [5.74, 6) is -0.0896. The Morgan fingerprint density at radius 1 is 1.15 bits per heavy atom. The van der Waals surface area contributed by atoms with Gasteiger partial charge in [0.15, 0.2) is 0 Å². The number of amides is 1. The van der Waals surface area contributed by atoms with Crippen LogP contribution in [0.25, 0.3) is 5.70 Å². The molecule has 0 saturated carbocycles. The molecule has 0 unspecified atom stereocenters. The molecule has 0 fully saturated rings. The molecule has 0 heterocycles. The van der Waals surface area contributed by atoms with Gasteiger partial charge in [0.2, 0.25) is 5.91 Å². The van der Waals surface area contributed by atoms with Gasteiger partial charge in [-0.3, -0.25) is 9.79 Å². The second kappa shape index (κ2) is 8.31. The van der Waals surface area contributed by atoms with E-state index in [0.29, 0.717) is 5.70 Å². The summed E-state index contributed by atoms with van der Waals surface area (Å²) >= 11 is 0. The number of aliphatic imine (C=N–C) groups is 1. The van der Waals surface area contributed by atoms with Crippen LogP contribution in [-0.2, 0) is 4.79 Å². The Morgan fingerprint density at radius 3 is 1.95 bits per heavy atom. The van der Waals surface area contributed by atoms with Gasteiger partial charge in [-0.25, -0.2) is 0 Å². The van der Waals surface area contributed by atoms with Gasteiger partial charge in [-0.2, -0.15) is 0 Å². The lowest BCUT2D eigenvalue weighted by atomic mass is 9.99.